The molecular formula is C16H20N2O4. The van der Waals surface area contributed by atoms with Crippen molar-refractivity contribution in [2.75, 3.05) is 19.6 Å². The predicted octanol–water partition coefficient (Wildman–Crippen LogP) is 1.52. The van der Waals surface area contributed by atoms with Crippen molar-refractivity contribution in [3.05, 3.63) is 35.4 Å². The van der Waals surface area contributed by atoms with E-state index in [1.54, 1.807) is 6.07 Å². The van der Waals surface area contributed by atoms with E-state index >= 15 is 0 Å². The number of carbonyl (C=O) groups is 3. The van der Waals surface area contributed by atoms with E-state index < -0.39 is 5.97 Å². The molecule has 1 aliphatic heterocycles. The van der Waals surface area contributed by atoms with E-state index in [2.05, 4.69) is 5.32 Å². The molecular weight excluding hydrogens is 284 g/mol. The molecule has 2 rings (SSSR count). The second-order valence-corrected chi connectivity index (χ2v) is 5.33. The molecule has 6 heteroatoms. The van der Waals surface area contributed by atoms with Crippen molar-refractivity contribution in [3.63, 3.8) is 0 Å². The number of piperidine rings is 1. The van der Waals surface area contributed by atoms with Gasteiger partial charge in [0.2, 0.25) is 5.91 Å². The summed E-state index contributed by atoms with van der Waals surface area (Å²) in [5.74, 6) is -1.39. The number of carbonyl (C=O) groups excluding carboxylic acids is 2. The summed E-state index contributed by atoms with van der Waals surface area (Å²) in [5, 5.41) is 11.6. The number of amides is 2. The molecule has 2 N–H and O–H groups in total. The third-order valence-electron chi connectivity index (χ3n) is 3.70. The Hall–Kier alpha value is -2.37. The minimum absolute atomic E-state index is 0.0549. The van der Waals surface area contributed by atoms with Crippen LogP contribution in [0.2, 0.25) is 0 Å². The van der Waals surface area contributed by atoms with E-state index in [-0.39, 0.29) is 35.9 Å². The molecule has 0 radical (unpaired) electrons. The number of benzene rings is 1. The van der Waals surface area contributed by atoms with Gasteiger partial charge in [0.25, 0.3) is 5.91 Å². The number of nitrogens with zero attached hydrogens (tertiary/aromatic N) is 1. The number of rotatable bonds is 5. The molecule has 1 aromatic rings. The summed E-state index contributed by atoms with van der Waals surface area (Å²) in [5.41, 5.74) is 0.349. The molecule has 2 amide bonds. The Morgan fingerprint density at radius 1 is 1.09 bits per heavy atom. The number of carboxylic acids is 1. The SMILES string of the molecule is O=C(O)c1cccc(C(=O)NCCC(=O)N2CCCCC2)c1. The zero-order chi connectivity index (χ0) is 15.9. The molecule has 118 valence electrons. The fourth-order valence-electron chi connectivity index (χ4n) is 2.48. The van der Waals surface area contributed by atoms with Gasteiger partial charge in [-0.2, -0.15) is 0 Å². The van der Waals surface area contributed by atoms with Crippen LogP contribution in [0.4, 0.5) is 0 Å². The van der Waals surface area contributed by atoms with Crippen LogP contribution in [0, 0.1) is 0 Å². The lowest BCUT2D eigenvalue weighted by Gasteiger charge is -2.26. The first kappa shape index (κ1) is 16.0. The molecule has 22 heavy (non-hydrogen) atoms. The maximum absolute atomic E-state index is 12.0. The fourth-order valence-corrected chi connectivity index (χ4v) is 2.48. The second-order valence-electron chi connectivity index (χ2n) is 5.33. The third-order valence-corrected chi connectivity index (χ3v) is 3.70. The van der Waals surface area contributed by atoms with Crippen LogP contribution in [0.5, 0.6) is 0 Å². The van der Waals surface area contributed by atoms with Gasteiger partial charge in [-0.3, -0.25) is 9.59 Å². The van der Waals surface area contributed by atoms with Crippen LogP contribution in [-0.2, 0) is 4.79 Å². The molecule has 1 saturated heterocycles. The lowest BCUT2D eigenvalue weighted by molar-refractivity contribution is -0.131. The molecule has 0 aromatic heterocycles. The highest BCUT2D eigenvalue weighted by molar-refractivity contribution is 5.97. The van der Waals surface area contributed by atoms with Crippen LogP contribution >= 0.6 is 0 Å². The molecule has 0 aliphatic carbocycles. The van der Waals surface area contributed by atoms with E-state index in [1.165, 1.54) is 24.6 Å². The topological polar surface area (TPSA) is 86.7 Å². The smallest absolute Gasteiger partial charge is 0.335 e. The monoisotopic (exact) mass is 304 g/mol. The highest BCUT2D eigenvalue weighted by Gasteiger charge is 2.16. The average Bonchev–Trinajstić information content (AvgIpc) is 2.55. The first-order valence-corrected chi connectivity index (χ1v) is 7.47. The fraction of sp³-hybridized carbons (Fsp3) is 0.438. The Morgan fingerprint density at radius 3 is 2.45 bits per heavy atom. The largest absolute Gasteiger partial charge is 0.478 e. The Bertz CT molecular complexity index is 565. The van der Waals surface area contributed by atoms with Crippen LogP contribution in [0.15, 0.2) is 24.3 Å². The summed E-state index contributed by atoms with van der Waals surface area (Å²) in [7, 11) is 0. The number of hydrogen-bond donors (Lipinski definition) is 2. The summed E-state index contributed by atoms with van der Waals surface area (Å²) >= 11 is 0. The molecule has 1 heterocycles. The summed E-state index contributed by atoms with van der Waals surface area (Å²) in [6.07, 6.45) is 3.52. The molecule has 1 fully saturated rings. The van der Waals surface area contributed by atoms with Gasteiger partial charge in [0.05, 0.1) is 5.56 Å². The van der Waals surface area contributed by atoms with Gasteiger partial charge in [-0.05, 0) is 37.5 Å². The van der Waals surface area contributed by atoms with Gasteiger partial charge < -0.3 is 15.3 Å². The summed E-state index contributed by atoms with van der Waals surface area (Å²) in [6, 6.07) is 5.83. The molecule has 0 saturated carbocycles. The van der Waals surface area contributed by atoms with Gasteiger partial charge in [0.1, 0.15) is 0 Å². The summed E-state index contributed by atoms with van der Waals surface area (Å²) in [6.45, 7) is 1.85. The van der Waals surface area contributed by atoms with E-state index in [1.807, 2.05) is 4.90 Å². The van der Waals surface area contributed by atoms with Crippen molar-refractivity contribution in [3.8, 4) is 0 Å². The van der Waals surface area contributed by atoms with Crippen molar-refractivity contribution >= 4 is 17.8 Å². The molecule has 0 unspecified atom stereocenters. The molecule has 0 bridgehead atoms. The van der Waals surface area contributed by atoms with E-state index in [9.17, 15) is 14.4 Å². The lowest BCUT2D eigenvalue weighted by atomic mass is 10.1. The highest BCUT2D eigenvalue weighted by Crippen LogP contribution is 2.10. The van der Waals surface area contributed by atoms with Crippen molar-refractivity contribution < 1.29 is 19.5 Å². The standard InChI is InChI=1S/C16H20N2O4/c19-14(18-9-2-1-3-10-18)7-8-17-15(20)12-5-4-6-13(11-12)16(21)22/h4-6,11H,1-3,7-10H2,(H,17,20)(H,21,22). The van der Waals surface area contributed by atoms with Gasteiger partial charge in [-0.15, -0.1) is 0 Å². The molecule has 0 atom stereocenters. The Kier molecular flexibility index (Phi) is 5.52. The van der Waals surface area contributed by atoms with Crippen LogP contribution in [0.3, 0.4) is 0 Å². The average molecular weight is 304 g/mol. The van der Waals surface area contributed by atoms with Crippen molar-refractivity contribution in [2.45, 2.75) is 25.7 Å². The van der Waals surface area contributed by atoms with Gasteiger partial charge in [0, 0.05) is 31.6 Å². The van der Waals surface area contributed by atoms with Crippen molar-refractivity contribution in [1.82, 2.24) is 10.2 Å². The van der Waals surface area contributed by atoms with E-state index in [4.69, 9.17) is 5.11 Å². The maximum Gasteiger partial charge on any atom is 0.335 e. The number of likely N-dealkylation sites (tertiary alicyclic amines) is 1. The van der Waals surface area contributed by atoms with Gasteiger partial charge in [-0.25, -0.2) is 4.79 Å². The molecule has 1 aromatic carbocycles. The van der Waals surface area contributed by atoms with Crippen LogP contribution in [-0.4, -0.2) is 47.4 Å². The van der Waals surface area contributed by atoms with E-state index in [0.717, 1.165) is 25.9 Å². The van der Waals surface area contributed by atoms with Gasteiger partial charge in [-0.1, -0.05) is 6.07 Å². The van der Waals surface area contributed by atoms with E-state index in [0.29, 0.717) is 0 Å². The Morgan fingerprint density at radius 2 is 1.77 bits per heavy atom. The quantitative estimate of drug-likeness (QED) is 0.863. The second kappa shape index (κ2) is 7.59. The van der Waals surface area contributed by atoms with Crippen LogP contribution in [0.1, 0.15) is 46.4 Å². The molecule has 0 spiro atoms. The number of hydrogen-bond acceptors (Lipinski definition) is 3. The first-order chi connectivity index (χ1) is 10.6. The minimum Gasteiger partial charge on any atom is -0.478 e. The number of nitrogens with one attached hydrogen (secondary N) is 1. The minimum atomic E-state index is -1.07. The zero-order valence-corrected chi connectivity index (χ0v) is 12.4. The number of aromatic carboxylic acids is 1. The normalized spacial score (nSPS) is 14.5. The lowest BCUT2D eigenvalue weighted by Crippen LogP contribution is -2.37. The molecule has 6 nitrogen and oxygen atoms in total. The summed E-state index contributed by atoms with van der Waals surface area (Å²) in [4.78, 5) is 36.6. The maximum atomic E-state index is 12.0. The third kappa shape index (κ3) is 4.31. The zero-order valence-electron chi connectivity index (χ0n) is 12.4. The van der Waals surface area contributed by atoms with Gasteiger partial charge >= 0.3 is 5.97 Å². The van der Waals surface area contributed by atoms with Crippen molar-refractivity contribution in [1.29, 1.82) is 0 Å². The van der Waals surface area contributed by atoms with Gasteiger partial charge in [0.15, 0.2) is 0 Å². The van der Waals surface area contributed by atoms with Crippen LogP contribution in [0.25, 0.3) is 0 Å². The summed E-state index contributed by atoms with van der Waals surface area (Å²) < 4.78 is 0. The van der Waals surface area contributed by atoms with Crippen LogP contribution < -0.4 is 5.32 Å². The van der Waals surface area contributed by atoms with Crippen molar-refractivity contribution in [2.24, 2.45) is 0 Å². The molecule has 1 aliphatic rings. The predicted molar refractivity (Wildman–Crippen MR) is 80.8 cm³/mol. The Labute approximate surface area is 129 Å². The Balaban J connectivity index is 1.81. The first-order valence-electron chi connectivity index (χ1n) is 7.47. The highest BCUT2D eigenvalue weighted by atomic mass is 16.4. The number of carboxylic acid groups (broad SMARTS) is 1.